The first-order chi connectivity index (χ1) is 22.5. The fourth-order valence-electron chi connectivity index (χ4n) is 5.35. The van der Waals surface area contributed by atoms with E-state index in [0.717, 1.165) is 11.1 Å². The molecule has 9 nitrogen and oxygen atoms in total. The van der Waals surface area contributed by atoms with Gasteiger partial charge in [-0.3, -0.25) is 9.36 Å². The molecule has 47 heavy (non-hydrogen) atoms. The first kappa shape index (κ1) is 34.0. The van der Waals surface area contributed by atoms with Crippen LogP contribution in [0.1, 0.15) is 56.0 Å². The van der Waals surface area contributed by atoms with E-state index < -0.39 is 12.0 Å². The van der Waals surface area contributed by atoms with Gasteiger partial charge in [-0.15, -0.1) is 0 Å². The summed E-state index contributed by atoms with van der Waals surface area (Å²) in [5, 5.41) is 0. The predicted octanol–water partition coefficient (Wildman–Crippen LogP) is 6.25. The minimum Gasteiger partial charge on any atom is -0.493 e. The highest BCUT2D eigenvalue weighted by atomic mass is 79.9. The molecule has 0 N–H and O–H groups in total. The molecule has 0 fully saturated rings. The highest BCUT2D eigenvalue weighted by Gasteiger charge is 2.34. The van der Waals surface area contributed by atoms with Crippen molar-refractivity contribution in [2.75, 3.05) is 20.8 Å². The fourth-order valence-corrected chi connectivity index (χ4v) is 6.82. The van der Waals surface area contributed by atoms with Gasteiger partial charge in [0.2, 0.25) is 0 Å². The van der Waals surface area contributed by atoms with Gasteiger partial charge in [-0.25, -0.2) is 9.79 Å². The van der Waals surface area contributed by atoms with Crippen LogP contribution >= 0.6 is 27.3 Å². The molecule has 246 valence electrons. The zero-order valence-electron chi connectivity index (χ0n) is 27.4. The van der Waals surface area contributed by atoms with Crippen molar-refractivity contribution in [1.82, 2.24) is 4.57 Å². The number of aryl methyl sites for hydroxylation is 1. The quantitative estimate of drug-likeness (QED) is 0.169. The van der Waals surface area contributed by atoms with Gasteiger partial charge < -0.3 is 23.7 Å². The number of carbonyl (C=O) groups is 1. The Morgan fingerprint density at radius 3 is 2.45 bits per heavy atom. The summed E-state index contributed by atoms with van der Waals surface area (Å²) in [6.07, 6.45) is 1.71. The van der Waals surface area contributed by atoms with Gasteiger partial charge in [0.05, 0.1) is 48.8 Å². The van der Waals surface area contributed by atoms with Gasteiger partial charge >= 0.3 is 5.97 Å². The molecule has 3 aromatic carbocycles. The number of hydrogen-bond acceptors (Lipinski definition) is 9. The van der Waals surface area contributed by atoms with Crippen molar-refractivity contribution in [3.63, 3.8) is 0 Å². The second-order valence-electron chi connectivity index (χ2n) is 11.2. The lowest BCUT2D eigenvalue weighted by atomic mass is 9.95. The predicted molar refractivity (Wildman–Crippen MR) is 185 cm³/mol. The molecule has 0 bridgehead atoms. The molecule has 1 aliphatic rings. The van der Waals surface area contributed by atoms with Gasteiger partial charge in [0.25, 0.3) is 5.56 Å². The van der Waals surface area contributed by atoms with Crippen LogP contribution < -0.4 is 33.8 Å². The molecule has 0 amide bonds. The molecule has 1 aliphatic heterocycles. The number of benzene rings is 3. The minimum absolute atomic E-state index is 0.0728. The molecular formula is C36H37BrN2O7S. The van der Waals surface area contributed by atoms with Crippen molar-refractivity contribution in [2.24, 2.45) is 4.99 Å². The zero-order valence-corrected chi connectivity index (χ0v) is 29.8. The van der Waals surface area contributed by atoms with Gasteiger partial charge in [0, 0.05) is 4.47 Å². The van der Waals surface area contributed by atoms with E-state index in [9.17, 15) is 9.59 Å². The minimum atomic E-state index is -0.801. The molecule has 11 heteroatoms. The number of thiazole rings is 1. The molecule has 0 radical (unpaired) electrons. The summed E-state index contributed by atoms with van der Waals surface area (Å²) in [4.78, 5) is 32.7. The van der Waals surface area contributed by atoms with E-state index in [1.165, 1.54) is 15.9 Å². The molecule has 0 saturated heterocycles. The lowest BCUT2D eigenvalue weighted by Gasteiger charge is -2.25. The van der Waals surface area contributed by atoms with Crippen LogP contribution in [0.5, 0.6) is 23.0 Å². The topological polar surface area (TPSA) is 97.6 Å². The highest BCUT2D eigenvalue weighted by molar-refractivity contribution is 9.10. The number of fused-ring (bicyclic) bond motifs is 1. The van der Waals surface area contributed by atoms with Gasteiger partial charge in [-0.05, 0) is 81.7 Å². The lowest BCUT2D eigenvalue weighted by molar-refractivity contribution is -0.139. The summed E-state index contributed by atoms with van der Waals surface area (Å²) in [5.74, 6) is 1.59. The second kappa shape index (κ2) is 14.6. The van der Waals surface area contributed by atoms with E-state index in [1.807, 2.05) is 57.2 Å². The maximum absolute atomic E-state index is 14.2. The van der Waals surface area contributed by atoms with Crippen molar-refractivity contribution >= 4 is 39.3 Å². The molecule has 0 spiro atoms. The van der Waals surface area contributed by atoms with Crippen LogP contribution in [0.3, 0.4) is 0 Å². The van der Waals surface area contributed by atoms with Gasteiger partial charge in [0.15, 0.2) is 27.8 Å². The Kier molecular flexibility index (Phi) is 10.6. The summed E-state index contributed by atoms with van der Waals surface area (Å²) in [6.45, 7) is 9.94. The molecule has 0 unspecified atom stereocenters. The molecule has 1 atom stereocenters. The Morgan fingerprint density at radius 2 is 1.77 bits per heavy atom. The zero-order chi connectivity index (χ0) is 33.8. The number of rotatable bonds is 11. The fraction of sp³-hybridized carbons (Fsp3) is 0.306. The van der Waals surface area contributed by atoms with Crippen LogP contribution in [0.15, 0.2) is 80.1 Å². The average molecular weight is 722 g/mol. The summed E-state index contributed by atoms with van der Waals surface area (Å²) >= 11 is 4.89. The van der Waals surface area contributed by atoms with E-state index in [0.29, 0.717) is 60.2 Å². The number of carbonyl (C=O) groups excluding carboxylic acids is 1. The molecule has 0 saturated carbocycles. The Morgan fingerprint density at radius 1 is 1.02 bits per heavy atom. The summed E-state index contributed by atoms with van der Waals surface area (Å²) in [7, 11) is 3.13. The van der Waals surface area contributed by atoms with Crippen LogP contribution in [-0.2, 0) is 16.1 Å². The molecule has 2 heterocycles. The van der Waals surface area contributed by atoms with E-state index >= 15 is 0 Å². The Hall–Kier alpha value is -4.35. The third kappa shape index (κ3) is 7.31. The van der Waals surface area contributed by atoms with E-state index in [1.54, 1.807) is 46.3 Å². The summed E-state index contributed by atoms with van der Waals surface area (Å²) in [5.41, 5.74) is 4.01. The maximum Gasteiger partial charge on any atom is 0.338 e. The highest BCUT2D eigenvalue weighted by Crippen LogP contribution is 2.37. The molecule has 0 aliphatic carbocycles. The molecule has 5 rings (SSSR count). The largest absolute Gasteiger partial charge is 0.493 e. The van der Waals surface area contributed by atoms with Crippen LogP contribution in [0.2, 0.25) is 0 Å². The monoisotopic (exact) mass is 720 g/mol. The SMILES string of the molecule is CCOC(=O)C1=C(C)N=c2s/c(=C\c3cc(OC)c(OCc4cccc(C)c4)cc3Br)c(=O)n2[C@H]1c1ccc(OC(C)C)c(OC)c1. The van der Waals surface area contributed by atoms with Crippen molar-refractivity contribution in [3.8, 4) is 23.0 Å². The van der Waals surface area contributed by atoms with Gasteiger partial charge in [-0.1, -0.05) is 63.2 Å². The summed E-state index contributed by atoms with van der Waals surface area (Å²) in [6, 6.07) is 16.4. The average Bonchev–Trinajstić information content (AvgIpc) is 3.34. The number of methoxy groups -OCH3 is 2. The van der Waals surface area contributed by atoms with Gasteiger partial charge in [0.1, 0.15) is 6.61 Å². The Balaban J connectivity index is 1.60. The van der Waals surface area contributed by atoms with Crippen molar-refractivity contribution in [3.05, 3.63) is 112 Å². The van der Waals surface area contributed by atoms with Crippen LogP contribution in [0.4, 0.5) is 0 Å². The first-order valence-electron chi connectivity index (χ1n) is 15.1. The number of nitrogens with zero attached hydrogens (tertiary/aromatic N) is 2. The van der Waals surface area contributed by atoms with Crippen LogP contribution in [0, 0.1) is 6.92 Å². The molecule has 1 aromatic heterocycles. The van der Waals surface area contributed by atoms with Crippen LogP contribution in [0.25, 0.3) is 6.08 Å². The number of aromatic nitrogens is 1. The number of allylic oxidation sites excluding steroid dienone is 1. The Bertz CT molecular complexity index is 2030. The second-order valence-corrected chi connectivity index (χ2v) is 13.0. The number of ether oxygens (including phenoxy) is 5. The number of halogens is 1. The molecular weight excluding hydrogens is 684 g/mol. The third-order valence-corrected chi connectivity index (χ3v) is 9.10. The van der Waals surface area contributed by atoms with E-state index in [4.69, 9.17) is 23.7 Å². The van der Waals surface area contributed by atoms with E-state index in [2.05, 4.69) is 27.0 Å². The lowest BCUT2D eigenvalue weighted by Crippen LogP contribution is -2.40. The maximum atomic E-state index is 14.2. The smallest absolute Gasteiger partial charge is 0.338 e. The third-order valence-electron chi connectivity index (χ3n) is 7.43. The van der Waals surface area contributed by atoms with Crippen molar-refractivity contribution in [2.45, 2.75) is 53.4 Å². The van der Waals surface area contributed by atoms with Crippen LogP contribution in [-0.4, -0.2) is 37.5 Å². The standard InChI is InChI=1S/C36H37BrN2O7S/c1-8-44-35(41)32-22(5)38-36-39(33(32)24-12-13-27(46-20(2)3)28(15-24)42-6)34(40)31(47-36)17-25-16-29(43-7)30(18-26(25)37)45-19-23-11-9-10-21(4)14-23/h9-18,20,33H,8,19H2,1-7H3/b31-17-/t33-/m0/s1. The van der Waals surface area contributed by atoms with Gasteiger partial charge in [-0.2, -0.15) is 0 Å². The molecule has 4 aromatic rings. The normalized spacial score (nSPS) is 14.5. The Labute approximate surface area is 285 Å². The first-order valence-corrected chi connectivity index (χ1v) is 16.8. The number of hydrogen-bond donors (Lipinski definition) is 0. The summed E-state index contributed by atoms with van der Waals surface area (Å²) < 4.78 is 31.4. The van der Waals surface area contributed by atoms with Crippen molar-refractivity contribution in [1.29, 1.82) is 0 Å². The number of esters is 1. The van der Waals surface area contributed by atoms with E-state index in [-0.39, 0.29) is 23.8 Å². The van der Waals surface area contributed by atoms with Crippen molar-refractivity contribution < 1.29 is 28.5 Å².